The van der Waals surface area contributed by atoms with Crippen LogP contribution in [-0.4, -0.2) is 33.4 Å². The van der Waals surface area contributed by atoms with E-state index in [1.54, 1.807) is 24.1 Å². The molecule has 0 fully saturated rings. The molecule has 1 aromatic rings. The summed E-state index contributed by atoms with van der Waals surface area (Å²) in [7, 11) is 1.80. The van der Waals surface area contributed by atoms with E-state index in [-0.39, 0.29) is 12.5 Å². The lowest BCUT2D eigenvalue weighted by Gasteiger charge is -2.15. The van der Waals surface area contributed by atoms with E-state index >= 15 is 0 Å². The van der Waals surface area contributed by atoms with Crippen LogP contribution in [-0.2, 0) is 7.05 Å². The first-order valence-corrected chi connectivity index (χ1v) is 4.33. The lowest BCUT2D eigenvalue weighted by molar-refractivity contribution is 0.0779. The van der Waals surface area contributed by atoms with Crippen molar-refractivity contribution in [1.82, 2.24) is 14.5 Å². The Kier molecular flexibility index (Phi) is 3.24. The molecule has 0 bridgehead atoms. The van der Waals surface area contributed by atoms with Gasteiger partial charge in [-0.25, -0.2) is 4.98 Å². The van der Waals surface area contributed by atoms with Crippen LogP contribution in [0.3, 0.4) is 0 Å². The Morgan fingerprint density at radius 1 is 1.79 bits per heavy atom. The number of aromatic nitrogens is 2. The average Bonchev–Trinajstić information content (AvgIpc) is 2.60. The molecule has 0 aliphatic heterocycles. The van der Waals surface area contributed by atoms with E-state index in [0.29, 0.717) is 12.2 Å². The van der Waals surface area contributed by atoms with Crippen LogP contribution in [0.25, 0.3) is 0 Å². The maximum absolute atomic E-state index is 11.7. The van der Waals surface area contributed by atoms with E-state index in [4.69, 9.17) is 5.26 Å². The van der Waals surface area contributed by atoms with Crippen molar-refractivity contribution in [3.8, 4) is 6.07 Å². The molecule has 0 unspecified atom stereocenters. The molecule has 0 aliphatic rings. The van der Waals surface area contributed by atoms with Gasteiger partial charge in [-0.05, 0) is 6.92 Å². The summed E-state index contributed by atoms with van der Waals surface area (Å²) >= 11 is 0. The zero-order chi connectivity index (χ0) is 10.6. The Bertz CT molecular complexity index is 363. The fourth-order valence-corrected chi connectivity index (χ4v) is 1.10. The predicted molar refractivity (Wildman–Crippen MR) is 50.4 cm³/mol. The van der Waals surface area contributed by atoms with Crippen LogP contribution < -0.4 is 0 Å². The first kappa shape index (κ1) is 10.3. The summed E-state index contributed by atoms with van der Waals surface area (Å²) in [5, 5.41) is 8.50. The summed E-state index contributed by atoms with van der Waals surface area (Å²) in [6, 6.07) is 1.95. The highest BCUT2D eigenvalue weighted by Crippen LogP contribution is 2.00. The molecule has 1 aromatic heterocycles. The van der Waals surface area contributed by atoms with E-state index in [1.165, 1.54) is 4.90 Å². The molecule has 74 valence electrons. The standard InChI is InChI=1S/C9H12N4O/c1-3-13(5-4-10)9(14)8-6-12(2)7-11-8/h6-7H,3,5H2,1-2H3. The van der Waals surface area contributed by atoms with Gasteiger partial charge >= 0.3 is 0 Å². The summed E-state index contributed by atoms with van der Waals surface area (Å²) in [5.41, 5.74) is 0.379. The molecule has 0 saturated heterocycles. The monoisotopic (exact) mass is 192 g/mol. The second-order valence-corrected chi connectivity index (χ2v) is 2.90. The Hall–Kier alpha value is -1.83. The number of carbonyl (C=O) groups is 1. The van der Waals surface area contributed by atoms with Crippen LogP contribution in [0, 0.1) is 11.3 Å². The molecular formula is C9H12N4O. The number of aryl methyl sites for hydroxylation is 1. The van der Waals surface area contributed by atoms with E-state index in [1.807, 2.05) is 13.0 Å². The Balaban J connectivity index is 2.78. The van der Waals surface area contributed by atoms with Crippen LogP contribution in [0.1, 0.15) is 17.4 Å². The quantitative estimate of drug-likeness (QED) is 0.651. The Morgan fingerprint density at radius 2 is 2.50 bits per heavy atom. The van der Waals surface area contributed by atoms with Crippen LogP contribution in [0.4, 0.5) is 0 Å². The minimum absolute atomic E-state index is 0.103. The third-order valence-electron chi connectivity index (χ3n) is 1.85. The van der Waals surface area contributed by atoms with Gasteiger partial charge in [0.15, 0.2) is 0 Å². The number of hydrogen-bond acceptors (Lipinski definition) is 3. The minimum atomic E-state index is -0.199. The molecule has 5 heteroatoms. The van der Waals surface area contributed by atoms with Gasteiger partial charge in [-0.2, -0.15) is 5.26 Å². The fraction of sp³-hybridized carbons (Fsp3) is 0.444. The van der Waals surface area contributed by atoms with Gasteiger partial charge in [-0.1, -0.05) is 0 Å². The van der Waals surface area contributed by atoms with Gasteiger partial charge in [0.1, 0.15) is 12.2 Å². The predicted octanol–water partition coefficient (Wildman–Crippen LogP) is 0.406. The van der Waals surface area contributed by atoms with Crippen molar-refractivity contribution in [2.24, 2.45) is 7.05 Å². The van der Waals surface area contributed by atoms with Gasteiger partial charge in [0.05, 0.1) is 12.4 Å². The lowest BCUT2D eigenvalue weighted by atomic mass is 10.4. The van der Waals surface area contributed by atoms with Crippen molar-refractivity contribution >= 4 is 5.91 Å². The van der Waals surface area contributed by atoms with Crippen LogP contribution in [0.2, 0.25) is 0 Å². The summed E-state index contributed by atoms with van der Waals surface area (Å²) in [5.74, 6) is -0.199. The zero-order valence-corrected chi connectivity index (χ0v) is 8.27. The SMILES string of the molecule is CCN(CC#N)C(=O)c1cn(C)cn1. The van der Waals surface area contributed by atoms with Crippen molar-refractivity contribution in [3.63, 3.8) is 0 Å². The highest BCUT2D eigenvalue weighted by Gasteiger charge is 2.15. The molecular weight excluding hydrogens is 180 g/mol. The van der Waals surface area contributed by atoms with Gasteiger partial charge in [0.25, 0.3) is 5.91 Å². The van der Waals surface area contributed by atoms with Crippen molar-refractivity contribution in [3.05, 3.63) is 18.2 Å². The van der Waals surface area contributed by atoms with E-state index in [0.717, 1.165) is 0 Å². The third kappa shape index (κ3) is 2.10. The van der Waals surface area contributed by atoms with Gasteiger partial charge in [0, 0.05) is 19.8 Å². The van der Waals surface area contributed by atoms with Crippen molar-refractivity contribution in [2.75, 3.05) is 13.1 Å². The molecule has 0 aromatic carbocycles. The number of nitrogens with zero attached hydrogens (tertiary/aromatic N) is 4. The Morgan fingerprint density at radius 3 is 2.93 bits per heavy atom. The first-order chi connectivity index (χ1) is 6.69. The number of amides is 1. The van der Waals surface area contributed by atoms with Gasteiger partial charge < -0.3 is 9.47 Å². The van der Waals surface area contributed by atoms with Gasteiger partial charge in [0.2, 0.25) is 0 Å². The molecule has 0 N–H and O–H groups in total. The van der Waals surface area contributed by atoms with Crippen molar-refractivity contribution < 1.29 is 4.79 Å². The Labute approximate surface area is 82.6 Å². The van der Waals surface area contributed by atoms with Gasteiger partial charge in [-0.3, -0.25) is 4.79 Å². The van der Waals surface area contributed by atoms with E-state index in [9.17, 15) is 4.79 Å². The van der Waals surface area contributed by atoms with E-state index < -0.39 is 0 Å². The fourth-order valence-electron chi connectivity index (χ4n) is 1.10. The summed E-state index contributed by atoms with van der Waals surface area (Å²) < 4.78 is 1.70. The summed E-state index contributed by atoms with van der Waals surface area (Å²) in [6.07, 6.45) is 3.20. The zero-order valence-electron chi connectivity index (χ0n) is 8.27. The van der Waals surface area contributed by atoms with Crippen LogP contribution in [0.15, 0.2) is 12.5 Å². The number of imidazole rings is 1. The first-order valence-electron chi connectivity index (χ1n) is 4.33. The highest BCUT2D eigenvalue weighted by atomic mass is 16.2. The molecule has 14 heavy (non-hydrogen) atoms. The summed E-state index contributed by atoms with van der Waals surface area (Å²) in [4.78, 5) is 17.1. The minimum Gasteiger partial charge on any atom is -0.340 e. The molecule has 0 saturated carbocycles. The summed E-state index contributed by atoms with van der Waals surface area (Å²) in [6.45, 7) is 2.45. The molecule has 0 radical (unpaired) electrons. The largest absolute Gasteiger partial charge is 0.340 e. The molecule has 1 rings (SSSR count). The molecule has 0 aliphatic carbocycles. The second-order valence-electron chi connectivity index (χ2n) is 2.90. The smallest absolute Gasteiger partial charge is 0.274 e. The molecule has 0 spiro atoms. The highest BCUT2D eigenvalue weighted by molar-refractivity contribution is 5.92. The van der Waals surface area contributed by atoms with Crippen molar-refractivity contribution in [1.29, 1.82) is 5.26 Å². The number of rotatable bonds is 3. The van der Waals surface area contributed by atoms with Crippen LogP contribution >= 0.6 is 0 Å². The second kappa shape index (κ2) is 4.42. The maximum Gasteiger partial charge on any atom is 0.274 e. The van der Waals surface area contributed by atoms with E-state index in [2.05, 4.69) is 4.98 Å². The lowest BCUT2D eigenvalue weighted by Crippen LogP contribution is -2.31. The van der Waals surface area contributed by atoms with Crippen molar-refractivity contribution in [2.45, 2.75) is 6.92 Å². The number of carbonyl (C=O) groups excluding carboxylic acids is 1. The molecule has 1 heterocycles. The normalized spacial score (nSPS) is 9.50. The topological polar surface area (TPSA) is 61.9 Å². The number of nitriles is 1. The van der Waals surface area contributed by atoms with Gasteiger partial charge in [-0.15, -0.1) is 0 Å². The molecule has 0 atom stereocenters. The molecule has 1 amide bonds. The number of hydrogen-bond donors (Lipinski definition) is 0. The average molecular weight is 192 g/mol. The maximum atomic E-state index is 11.7. The molecule has 5 nitrogen and oxygen atoms in total. The van der Waals surface area contributed by atoms with Crippen LogP contribution in [0.5, 0.6) is 0 Å². The third-order valence-corrected chi connectivity index (χ3v) is 1.85.